The van der Waals surface area contributed by atoms with E-state index in [0.29, 0.717) is 61.5 Å². The number of carbonyl (C=O) groups excluding carboxylic acids is 1. The van der Waals surface area contributed by atoms with E-state index in [0.717, 1.165) is 21.7 Å². The second-order valence-corrected chi connectivity index (χ2v) is 15.2. The SMILES string of the molecule is COC(=O)N1CCO[C@@H](Cc2c(-c3c(F)cc(C4(/C=C(/C)S(=O)C(C)(C)C)COC4)cc3P)nc3cc(C)ccn23)C1. The molecule has 3 aromatic rings. The Labute approximate surface area is 251 Å². The minimum absolute atomic E-state index is 0.305. The number of allylic oxidation sites excluding steroid dienone is 1. The third-order valence-electron chi connectivity index (χ3n) is 7.85. The number of hydrogen-bond donors (Lipinski definition) is 0. The molecule has 42 heavy (non-hydrogen) atoms. The van der Waals surface area contributed by atoms with Crippen molar-refractivity contribution in [3.8, 4) is 11.3 Å². The van der Waals surface area contributed by atoms with Crippen molar-refractivity contribution in [2.45, 2.75) is 57.3 Å². The van der Waals surface area contributed by atoms with E-state index in [1.165, 1.54) is 7.11 Å². The summed E-state index contributed by atoms with van der Waals surface area (Å²) in [5, 5.41) is 0.668. The highest BCUT2D eigenvalue weighted by atomic mass is 32.2. The van der Waals surface area contributed by atoms with Gasteiger partial charge in [-0.25, -0.2) is 14.2 Å². The minimum atomic E-state index is -1.19. The van der Waals surface area contributed by atoms with E-state index >= 15 is 4.39 Å². The van der Waals surface area contributed by atoms with Gasteiger partial charge in [-0.05, 0) is 75.3 Å². The maximum Gasteiger partial charge on any atom is 0.409 e. The van der Waals surface area contributed by atoms with Crippen LogP contribution in [0.4, 0.5) is 9.18 Å². The summed E-state index contributed by atoms with van der Waals surface area (Å²) in [5.41, 5.74) is 3.70. The number of halogens is 1. The molecule has 0 bridgehead atoms. The molecule has 2 saturated heterocycles. The highest BCUT2D eigenvalue weighted by molar-refractivity contribution is 7.90. The third-order valence-corrected chi connectivity index (χ3v) is 10.1. The molecule has 2 aliphatic heterocycles. The molecular weight excluding hydrogens is 576 g/mol. The molecule has 0 saturated carbocycles. The molecule has 0 radical (unpaired) electrons. The second-order valence-electron chi connectivity index (χ2n) is 12.2. The average Bonchev–Trinajstić information content (AvgIpc) is 3.25. The topological polar surface area (TPSA) is 82.4 Å². The van der Waals surface area contributed by atoms with E-state index in [9.17, 15) is 9.00 Å². The zero-order valence-electron chi connectivity index (χ0n) is 25.0. The Kier molecular flexibility index (Phi) is 8.65. The van der Waals surface area contributed by atoms with Crippen LogP contribution in [0, 0.1) is 12.7 Å². The van der Waals surface area contributed by atoms with Gasteiger partial charge in [0.25, 0.3) is 0 Å². The van der Waals surface area contributed by atoms with Gasteiger partial charge in [0, 0.05) is 34.4 Å². The van der Waals surface area contributed by atoms with Crippen LogP contribution in [0.15, 0.2) is 41.4 Å². The molecule has 226 valence electrons. The predicted octanol–water partition coefficient (Wildman–Crippen LogP) is 4.68. The van der Waals surface area contributed by atoms with Crippen molar-refractivity contribution in [2.24, 2.45) is 0 Å². The monoisotopic (exact) mass is 615 g/mol. The second kappa shape index (κ2) is 11.8. The van der Waals surface area contributed by atoms with Crippen LogP contribution in [-0.2, 0) is 36.8 Å². The van der Waals surface area contributed by atoms with Gasteiger partial charge in [0.15, 0.2) is 0 Å². The fourth-order valence-corrected chi connectivity index (χ4v) is 7.44. The van der Waals surface area contributed by atoms with Crippen LogP contribution >= 0.6 is 9.24 Å². The van der Waals surface area contributed by atoms with Crippen LogP contribution in [-0.4, -0.2) is 75.5 Å². The van der Waals surface area contributed by atoms with Gasteiger partial charge in [0.05, 0.1) is 67.2 Å². The number of amides is 1. The van der Waals surface area contributed by atoms with Crippen molar-refractivity contribution in [1.82, 2.24) is 14.3 Å². The molecule has 2 aromatic heterocycles. The molecule has 2 unspecified atom stereocenters. The van der Waals surface area contributed by atoms with Crippen molar-refractivity contribution in [3.05, 3.63) is 64.1 Å². The number of ether oxygens (including phenoxy) is 3. The Balaban J connectivity index is 1.56. The summed E-state index contributed by atoms with van der Waals surface area (Å²) < 4.78 is 47.4. The lowest BCUT2D eigenvalue weighted by atomic mass is 9.78. The van der Waals surface area contributed by atoms with Gasteiger partial charge in [-0.2, -0.15) is 0 Å². The lowest BCUT2D eigenvalue weighted by Gasteiger charge is -2.40. The number of pyridine rings is 1. The van der Waals surface area contributed by atoms with Crippen LogP contribution in [0.1, 0.15) is 44.5 Å². The molecule has 0 spiro atoms. The van der Waals surface area contributed by atoms with Gasteiger partial charge in [-0.15, -0.1) is 9.24 Å². The Morgan fingerprint density at radius 2 is 2.05 bits per heavy atom. The molecule has 1 amide bonds. The van der Waals surface area contributed by atoms with E-state index in [4.69, 9.17) is 19.2 Å². The Bertz CT molecular complexity index is 1550. The van der Waals surface area contributed by atoms with E-state index in [1.54, 1.807) is 11.0 Å². The number of hydrogen-bond acceptors (Lipinski definition) is 6. The number of nitrogens with zero attached hydrogens (tertiary/aromatic N) is 3. The van der Waals surface area contributed by atoms with Crippen LogP contribution in [0.2, 0.25) is 0 Å². The van der Waals surface area contributed by atoms with E-state index in [2.05, 4.69) is 9.24 Å². The molecule has 1 aromatic carbocycles. The highest BCUT2D eigenvalue weighted by Crippen LogP contribution is 2.39. The van der Waals surface area contributed by atoms with Crippen molar-refractivity contribution in [3.63, 3.8) is 0 Å². The van der Waals surface area contributed by atoms with Gasteiger partial charge < -0.3 is 23.5 Å². The molecule has 2 fully saturated rings. The number of aryl methyl sites for hydroxylation is 1. The summed E-state index contributed by atoms with van der Waals surface area (Å²) >= 11 is 0. The van der Waals surface area contributed by atoms with Crippen LogP contribution in [0.25, 0.3) is 16.9 Å². The first-order valence-corrected chi connectivity index (χ1v) is 15.8. The van der Waals surface area contributed by atoms with Gasteiger partial charge in [-0.3, -0.25) is 4.21 Å². The number of methoxy groups -OCH3 is 1. The van der Waals surface area contributed by atoms with Crippen molar-refractivity contribution in [1.29, 1.82) is 0 Å². The molecule has 3 atom stereocenters. The number of morpholine rings is 1. The van der Waals surface area contributed by atoms with Gasteiger partial charge in [0.1, 0.15) is 11.5 Å². The van der Waals surface area contributed by atoms with Gasteiger partial charge >= 0.3 is 6.09 Å². The standard InChI is InChI=1S/C31H39FN3O5PS/c1-19-7-8-35-24(14-22-16-34(9-10-40-22)29(36)38-6)28(33-26(35)11-19)27-23(32)12-21(13-25(27)41)31(17-39-18-31)15-20(2)42(37)30(3,4)5/h7-8,11-13,15,22H,9-10,14,16-18,41H2,1-6H3/b20-15-/t22-,42?/m0/s1. The summed E-state index contributed by atoms with van der Waals surface area (Å²) in [6.07, 6.45) is 3.66. The summed E-state index contributed by atoms with van der Waals surface area (Å²) in [6.45, 7) is 11.7. The Hall–Kier alpha value is -2.65. The largest absolute Gasteiger partial charge is 0.453 e. The average molecular weight is 616 g/mol. The minimum Gasteiger partial charge on any atom is -0.453 e. The molecule has 0 aliphatic carbocycles. The molecule has 11 heteroatoms. The summed E-state index contributed by atoms with van der Waals surface area (Å²) in [5.74, 6) is -0.395. The first kappa shape index (κ1) is 30.8. The first-order valence-electron chi connectivity index (χ1n) is 14.0. The number of benzene rings is 1. The number of fused-ring (bicyclic) bond motifs is 1. The molecular formula is C31H39FN3O5PS. The van der Waals surface area contributed by atoms with Crippen molar-refractivity contribution < 1.29 is 27.6 Å². The van der Waals surface area contributed by atoms with Gasteiger partial charge in [-0.1, -0.05) is 6.08 Å². The number of aromatic nitrogens is 2. The van der Waals surface area contributed by atoms with Crippen LogP contribution in [0.3, 0.4) is 0 Å². The number of imidazole rings is 1. The summed E-state index contributed by atoms with van der Waals surface area (Å²) in [6, 6.07) is 7.48. The fraction of sp³-hybridized carbons (Fsp3) is 0.484. The fourth-order valence-electron chi connectivity index (χ4n) is 5.69. The van der Waals surface area contributed by atoms with Crippen molar-refractivity contribution >= 4 is 37.1 Å². The normalized spacial score (nSPS) is 20.0. The van der Waals surface area contributed by atoms with E-state index < -0.39 is 32.9 Å². The first-order chi connectivity index (χ1) is 19.8. The summed E-state index contributed by atoms with van der Waals surface area (Å²) in [7, 11) is 2.86. The molecule has 0 N–H and O–H groups in total. The van der Waals surface area contributed by atoms with Gasteiger partial charge in [0.2, 0.25) is 0 Å². The Morgan fingerprint density at radius 1 is 1.31 bits per heavy atom. The molecule has 5 rings (SSSR count). The van der Waals surface area contributed by atoms with E-state index in [1.807, 2.05) is 69.5 Å². The highest BCUT2D eigenvalue weighted by Gasteiger charge is 2.40. The summed E-state index contributed by atoms with van der Waals surface area (Å²) in [4.78, 5) is 19.5. The maximum atomic E-state index is 16.3. The zero-order valence-corrected chi connectivity index (χ0v) is 27.0. The number of carbonyl (C=O) groups is 1. The molecule has 2 aliphatic rings. The smallest absolute Gasteiger partial charge is 0.409 e. The Morgan fingerprint density at radius 3 is 2.67 bits per heavy atom. The van der Waals surface area contributed by atoms with Crippen LogP contribution < -0.4 is 5.30 Å². The maximum absolute atomic E-state index is 16.3. The van der Waals surface area contributed by atoms with E-state index in [-0.39, 0.29) is 6.10 Å². The van der Waals surface area contributed by atoms with Crippen LogP contribution in [0.5, 0.6) is 0 Å². The van der Waals surface area contributed by atoms with Crippen molar-refractivity contribution in [2.75, 3.05) is 40.0 Å². The molecule has 8 nitrogen and oxygen atoms in total. The number of rotatable bonds is 6. The predicted molar refractivity (Wildman–Crippen MR) is 166 cm³/mol. The quantitative estimate of drug-likeness (QED) is 0.375. The lowest BCUT2D eigenvalue weighted by Crippen LogP contribution is -2.46. The zero-order chi connectivity index (χ0) is 30.4. The lowest BCUT2D eigenvalue weighted by molar-refractivity contribution is -0.0342. The third kappa shape index (κ3) is 5.91. The molecule has 4 heterocycles.